The van der Waals surface area contributed by atoms with Crippen molar-refractivity contribution >= 4 is 11.7 Å². The quantitative estimate of drug-likeness (QED) is 0.665. The van der Waals surface area contributed by atoms with Crippen LogP contribution < -0.4 is 10.2 Å². The van der Waals surface area contributed by atoms with Crippen LogP contribution in [0, 0.1) is 25.2 Å². The van der Waals surface area contributed by atoms with E-state index in [9.17, 15) is 4.79 Å². The van der Waals surface area contributed by atoms with Crippen molar-refractivity contribution in [3.8, 4) is 11.3 Å². The Bertz CT molecular complexity index is 1120. The summed E-state index contributed by atoms with van der Waals surface area (Å²) >= 11 is 0. The molecule has 1 spiro atoms. The number of rotatable bonds is 4. The topological polar surface area (TPSA) is 70.6 Å². The van der Waals surface area contributed by atoms with Gasteiger partial charge in [-0.05, 0) is 81.7 Å². The van der Waals surface area contributed by atoms with E-state index in [4.69, 9.17) is 9.72 Å². The molecule has 3 fully saturated rings. The Kier molecular flexibility index (Phi) is 7.29. The Morgan fingerprint density at radius 2 is 1.89 bits per heavy atom. The molecule has 3 saturated heterocycles. The summed E-state index contributed by atoms with van der Waals surface area (Å²) in [5.41, 5.74) is 4.21. The average Bonchev–Trinajstić information content (AvgIpc) is 2.86. The van der Waals surface area contributed by atoms with Gasteiger partial charge in [-0.1, -0.05) is 19.9 Å². The molecule has 5 heterocycles. The fourth-order valence-electron chi connectivity index (χ4n) is 6.57. The van der Waals surface area contributed by atoms with Crippen molar-refractivity contribution in [2.24, 2.45) is 11.3 Å². The van der Waals surface area contributed by atoms with Crippen LogP contribution >= 0.6 is 0 Å². The van der Waals surface area contributed by atoms with E-state index in [2.05, 4.69) is 67.0 Å². The molecule has 2 aromatic rings. The van der Waals surface area contributed by atoms with Gasteiger partial charge in [-0.3, -0.25) is 9.78 Å². The van der Waals surface area contributed by atoms with Gasteiger partial charge in [0.05, 0.1) is 11.3 Å². The number of carbonyl (C=O) groups is 1. The lowest BCUT2D eigenvalue weighted by Crippen LogP contribution is -2.56. The number of amides is 1. The van der Waals surface area contributed by atoms with Gasteiger partial charge < -0.3 is 19.9 Å². The van der Waals surface area contributed by atoms with Gasteiger partial charge >= 0.3 is 0 Å². The summed E-state index contributed by atoms with van der Waals surface area (Å²) < 4.78 is 6.28. The Hall–Kier alpha value is -2.51. The molecule has 0 bridgehead atoms. The number of pyridine rings is 2. The van der Waals surface area contributed by atoms with Gasteiger partial charge in [0, 0.05) is 62.7 Å². The van der Waals surface area contributed by atoms with Crippen LogP contribution in [0.15, 0.2) is 30.6 Å². The summed E-state index contributed by atoms with van der Waals surface area (Å²) in [7, 11) is 2.18. The van der Waals surface area contributed by atoms with Crippen LogP contribution in [-0.4, -0.2) is 72.3 Å². The molecule has 0 aromatic carbocycles. The number of likely N-dealkylation sites (tertiary alicyclic amines) is 1. The van der Waals surface area contributed by atoms with E-state index in [0.717, 1.165) is 93.1 Å². The van der Waals surface area contributed by atoms with Crippen molar-refractivity contribution in [3.63, 3.8) is 0 Å². The summed E-state index contributed by atoms with van der Waals surface area (Å²) in [6, 6.07) is 6.45. The number of hydrogen-bond acceptors (Lipinski definition) is 6. The second kappa shape index (κ2) is 10.3. The number of hydrogen-bond donors (Lipinski definition) is 1. The largest absolute Gasteiger partial charge is 0.375 e. The predicted molar refractivity (Wildman–Crippen MR) is 148 cm³/mol. The van der Waals surface area contributed by atoms with Crippen molar-refractivity contribution in [1.82, 2.24) is 20.2 Å². The predicted octanol–water partition coefficient (Wildman–Crippen LogP) is 4.37. The highest BCUT2D eigenvalue weighted by atomic mass is 16.5. The number of ether oxygens (including phenoxy) is 1. The lowest BCUT2D eigenvalue weighted by molar-refractivity contribution is -0.137. The molecule has 2 atom stereocenters. The van der Waals surface area contributed by atoms with E-state index in [1.807, 2.05) is 18.5 Å². The lowest BCUT2D eigenvalue weighted by Gasteiger charge is -2.47. The van der Waals surface area contributed by atoms with E-state index >= 15 is 0 Å². The summed E-state index contributed by atoms with van der Waals surface area (Å²) in [5, 5.41) is 3.45. The van der Waals surface area contributed by atoms with Crippen molar-refractivity contribution in [3.05, 3.63) is 41.7 Å². The SMILES string of the molecule is Cc1cnc(N2CCC(C(=O)NC3CCOC4(CCN(C)CC4)C3)C(C)(C)C2)cc1-c1ncccc1C. The smallest absolute Gasteiger partial charge is 0.224 e. The van der Waals surface area contributed by atoms with Gasteiger partial charge in [0.2, 0.25) is 5.91 Å². The summed E-state index contributed by atoms with van der Waals surface area (Å²) in [5.74, 6) is 1.16. The summed E-state index contributed by atoms with van der Waals surface area (Å²) in [6.45, 7) is 13.1. The van der Waals surface area contributed by atoms with Gasteiger partial charge in [-0.15, -0.1) is 0 Å². The number of aromatic nitrogens is 2. The van der Waals surface area contributed by atoms with Crippen molar-refractivity contribution in [1.29, 1.82) is 0 Å². The molecule has 3 aliphatic rings. The maximum Gasteiger partial charge on any atom is 0.224 e. The maximum absolute atomic E-state index is 13.6. The molecule has 0 aliphatic carbocycles. The molecule has 1 amide bonds. The number of piperidine rings is 2. The van der Waals surface area contributed by atoms with Crippen LogP contribution in [0.4, 0.5) is 5.82 Å². The molecule has 5 rings (SSSR count). The van der Waals surface area contributed by atoms with Crippen LogP contribution in [0.5, 0.6) is 0 Å². The number of carbonyl (C=O) groups excluding carboxylic acids is 1. The molecule has 200 valence electrons. The Morgan fingerprint density at radius 3 is 2.62 bits per heavy atom. The minimum atomic E-state index is -0.160. The zero-order valence-electron chi connectivity index (χ0n) is 23.2. The van der Waals surface area contributed by atoms with Gasteiger partial charge in [0.15, 0.2) is 0 Å². The highest BCUT2D eigenvalue weighted by Gasteiger charge is 2.44. The molecular formula is C30H43N5O2. The maximum atomic E-state index is 13.6. The van der Waals surface area contributed by atoms with E-state index in [0.29, 0.717) is 0 Å². The van der Waals surface area contributed by atoms with Crippen molar-refractivity contribution in [2.45, 2.75) is 71.4 Å². The van der Waals surface area contributed by atoms with E-state index < -0.39 is 0 Å². The molecule has 0 radical (unpaired) electrons. The first-order valence-electron chi connectivity index (χ1n) is 13.9. The van der Waals surface area contributed by atoms with Crippen molar-refractivity contribution in [2.75, 3.05) is 44.7 Å². The van der Waals surface area contributed by atoms with Gasteiger partial charge in [-0.2, -0.15) is 0 Å². The van der Waals surface area contributed by atoms with Crippen LogP contribution in [-0.2, 0) is 9.53 Å². The number of aryl methyl sites for hydroxylation is 2. The zero-order chi connectivity index (χ0) is 26.2. The van der Waals surface area contributed by atoms with Gasteiger partial charge in [0.25, 0.3) is 0 Å². The van der Waals surface area contributed by atoms with Gasteiger partial charge in [0.1, 0.15) is 5.82 Å². The summed E-state index contributed by atoms with van der Waals surface area (Å²) in [6.07, 6.45) is 8.59. The third kappa shape index (κ3) is 5.53. The first kappa shape index (κ1) is 26.1. The fraction of sp³-hybridized carbons (Fsp3) is 0.633. The highest BCUT2D eigenvalue weighted by molar-refractivity contribution is 5.80. The molecule has 2 unspecified atom stereocenters. The molecule has 37 heavy (non-hydrogen) atoms. The third-order valence-corrected chi connectivity index (χ3v) is 8.96. The fourth-order valence-corrected chi connectivity index (χ4v) is 6.57. The molecule has 1 N–H and O–H groups in total. The van der Waals surface area contributed by atoms with Crippen molar-refractivity contribution < 1.29 is 9.53 Å². The number of nitrogens with zero attached hydrogens (tertiary/aromatic N) is 4. The molecular weight excluding hydrogens is 462 g/mol. The Labute approximate surface area is 222 Å². The van der Waals surface area contributed by atoms with Gasteiger partial charge in [-0.25, -0.2) is 4.98 Å². The van der Waals surface area contributed by atoms with E-state index in [1.165, 1.54) is 0 Å². The second-order valence-electron chi connectivity index (χ2n) is 12.3. The summed E-state index contributed by atoms with van der Waals surface area (Å²) in [4.78, 5) is 27.7. The minimum absolute atomic E-state index is 0.0111. The van der Waals surface area contributed by atoms with Crippen LogP contribution in [0.1, 0.15) is 57.1 Å². The molecule has 2 aromatic heterocycles. The number of anilines is 1. The standard InChI is InChI=1S/C30H43N5O2/c1-21-7-6-12-31-27(21)24-17-26(32-19-22(24)2)35-13-8-25(29(3,4)20-35)28(36)33-23-9-16-37-30(18-23)10-14-34(5)15-11-30/h6-7,12,17,19,23,25H,8-11,13-16,18,20H2,1-5H3,(H,33,36). The van der Waals surface area contributed by atoms with Crippen LogP contribution in [0.2, 0.25) is 0 Å². The zero-order valence-corrected chi connectivity index (χ0v) is 23.2. The van der Waals surface area contributed by atoms with E-state index in [1.54, 1.807) is 0 Å². The molecule has 3 aliphatic heterocycles. The minimum Gasteiger partial charge on any atom is -0.375 e. The lowest BCUT2D eigenvalue weighted by atomic mass is 9.73. The third-order valence-electron chi connectivity index (χ3n) is 8.96. The van der Waals surface area contributed by atoms with E-state index in [-0.39, 0.29) is 28.9 Å². The monoisotopic (exact) mass is 505 g/mol. The highest BCUT2D eigenvalue weighted by Crippen LogP contribution is 2.39. The van der Waals surface area contributed by atoms with Crippen LogP contribution in [0.25, 0.3) is 11.3 Å². The van der Waals surface area contributed by atoms with Crippen LogP contribution in [0.3, 0.4) is 0 Å². The molecule has 7 heteroatoms. The first-order chi connectivity index (χ1) is 17.7. The molecule has 0 saturated carbocycles. The number of nitrogens with one attached hydrogen (secondary N) is 1. The molecule has 7 nitrogen and oxygen atoms in total. The normalized spacial score (nSPS) is 25.7. The second-order valence-corrected chi connectivity index (χ2v) is 12.3. The first-order valence-corrected chi connectivity index (χ1v) is 13.9. The Morgan fingerprint density at radius 1 is 1.11 bits per heavy atom. The Balaban J connectivity index is 1.25. The average molecular weight is 506 g/mol.